The van der Waals surface area contributed by atoms with Crippen LogP contribution in [0.5, 0.6) is 0 Å². The highest BCUT2D eigenvalue weighted by Crippen LogP contribution is 2.26. The van der Waals surface area contributed by atoms with Crippen LogP contribution in [0.2, 0.25) is 0 Å². The van der Waals surface area contributed by atoms with Gasteiger partial charge < -0.3 is 20.9 Å². The lowest BCUT2D eigenvalue weighted by Crippen LogP contribution is -2.21. The van der Waals surface area contributed by atoms with E-state index in [-0.39, 0.29) is 11.8 Å². The first-order valence-corrected chi connectivity index (χ1v) is 6.17. The first-order valence-electron chi connectivity index (χ1n) is 6.17. The third kappa shape index (κ3) is 2.96. The van der Waals surface area contributed by atoms with Crippen LogP contribution in [0.15, 0.2) is 12.1 Å². The molecule has 1 fully saturated rings. The molecule has 2 atom stereocenters. The van der Waals surface area contributed by atoms with Crippen LogP contribution in [0, 0.1) is 11.7 Å². The Kier molecular flexibility index (Phi) is 3.90. The van der Waals surface area contributed by atoms with Gasteiger partial charge in [-0.3, -0.25) is 0 Å². The highest BCUT2D eigenvalue weighted by Gasteiger charge is 2.24. The molecule has 19 heavy (non-hydrogen) atoms. The van der Waals surface area contributed by atoms with Gasteiger partial charge in [0.05, 0.1) is 23.0 Å². The second kappa shape index (κ2) is 5.44. The number of carbonyl (C=O) groups is 1. The molecule has 1 aromatic rings. The fraction of sp³-hybridized carbons (Fsp3) is 0.462. The number of nitrogens with one attached hydrogen (secondary N) is 1. The van der Waals surface area contributed by atoms with Crippen molar-refractivity contribution in [1.29, 1.82) is 0 Å². The molecule has 2 unspecified atom stereocenters. The molecule has 0 saturated carbocycles. The second-order valence-electron chi connectivity index (χ2n) is 4.73. The average Bonchev–Trinajstić information content (AvgIpc) is 2.75. The summed E-state index contributed by atoms with van der Waals surface area (Å²) in [5.41, 5.74) is 5.95. The van der Waals surface area contributed by atoms with Crippen molar-refractivity contribution in [3.05, 3.63) is 23.5 Å². The van der Waals surface area contributed by atoms with Crippen LogP contribution in [-0.2, 0) is 4.74 Å². The van der Waals surface area contributed by atoms with Crippen LogP contribution in [0.3, 0.4) is 0 Å². The van der Waals surface area contributed by atoms with Gasteiger partial charge in [0.1, 0.15) is 5.82 Å². The largest absolute Gasteiger partial charge is 0.478 e. The van der Waals surface area contributed by atoms with Crippen LogP contribution in [0.1, 0.15) is 23.7 Å². The molecule has 5 nitrogen and oxygen atoms in total. The van der Waals surface area contributed by atoms with Gasteiger partial charge in [-0.05, 0) is 25.5 Å². The zero-order valence-electron chi connectivity index (χ0n) is 10.6. The fourth-order valence-electron chi connectivity index (χ4n) is 2.19. The second-order valence-corrected chi connectivity index (χ2v) is 4.73. The van der Waals surface area contributed by atoms with Crippen molar-refractivity contribution >= 4 is 17.3 Å². The van der Waals surface area contributed by atoms with Gasteiger partial charge in [-0.25, -0.2) is 9.18 Å². The van der Waals surface area contributed by atoms with E-state index < -0.39 is 17.3 Å². The quantitative estimate of drug-likeness (QED) is 0.727. The molecule has 0 radical (unpaired) electrons. The van der Waals surface area contributed by atoms with Crippen LogP contribution in [-0.4, -0.2) is 30.3 Å². The predicted molar refractivity (Wildman–Crippen MR) is 69.8 cm³/mol. The van der Waals surface area contributed by atoms with E-state index in [1.54, 1.807) is 0 Å². The molecule has 0 aromatic heterocycles. The Balaban J connectivity index is 2.08. The summed E-state index contributed by atoms with van der Waals surface area (Å²) < 4.78 is 19.0. The number of rotatable bonds is 4. The van der Waals surface area contributed by atoms with Gasteiger partial charge in [0.15, 0.2) is 0 Å². The third-order valence-electron chi connectivity index (χ3n) is 3.46. The molecule has 1 saturated heterocycles. The van der Waals surface area contributed by atoms with Crippen molar-refractivity contribution < 1.29 is 19.0 Å². The number of nitrogens with two attached hydrogens (primary N) is 1. The Bertz CT molecular complexity index is 493. The molecular weight excluding hydrogens is 251 g/mol. The lowest BCUT2D eigenvalue weighted by Gasteiger charge is -2.17. The SMILES string of the molecule is CC1OCCC1CNc1cc(F)c(C(=O)O)cc1N. The summed E-state index contributed by atoms with van der Waals surface area (Å²) in [7, 11) is 0. The summed E-state index contributed by atoms with van der Waals surface area (Å²) in [5.74, 6) is -1.77. The summed E-state index contributed by atoms with van der Waals surface area (Å²) in [4.78, 5) is 10.8. The van der Waals surface area contributed by atoms with Crippen LogP contribution >= 0.6 is 0 Å². The first-order chi connectivity index (χ1) is 8.99. The molecule has 6 heteroatoms. The van der Waals surface area contributed by atoms with E-state index in [1.807, 2.05) is 6.92 Å². The summed E-state index contributed by atoms with van der Waals surface area (Å²) in [6, 6.07) is 2.26. The minimum atomic E-state index is -1.33. The van der Waals surface area contributed by atoms with Gasteiger partial charge in [-0.2, -0.15) is 0 Å². The van der Waals surface area contributed by atoms with E-state index in [2.05, 4.69) is 5.32 Å². The number of hydrogen-bond acceptors (Lipinski definition) is 4. The number of hydrogen-bond donors (Lipinski definition) is 3. The molecule has 1 aliphatic rings. The van der Waals surface area contributed by atoms with Gasteiger partial charge >= 0.3 is 5.97 Å². The van der Waals surface area contributed by atoms with E-state index in [0.29, 0.717) is 18.2 Å². The molecule has 0 aliphatic carbocycles. The van der Waals surface area contributed by atoms with E-state index in [0.717, 1.165) is 25.2 Å². The monoisotopic (exact) mass is 268 g/mol. The normalized spacial score (nSPS) is 22.4. The number of halogens is 1. The van der Waals surface area contributed by atoms with Crippen molar-refractivity contribution in [3.8, 4) is 0 Å². The minimum absolute atomic E-state index is 0.164. The Morgan fingerprint density at radius 3 is 2.95 bits per heavy atom. The number of nitrogen functional groups attached to an aromatic ring is 1. The van der Waals surface area contributed by atoms with Crippen molar-refractivity contribution in [2.75, 3.05) is 24.2 Å². The van der Waals surface area contributed by atoms with E-state index in [1.165, 1.54) is 0 Å². The summed E-state index contributed by atoms with van der Waals surface area (Å²) in [5, 5.41) is 11.8. The molecule has 104 valence electrons. The molecule has 0 spiro atoms. The molecule has 2 rings (SSSR count). The maximum Gasteiger partial charge on any atom is 0.338 e. The molecular formula is C13H17FN2O3. The van der Waals surface area contributed by atoms with Crippen molar-refractivity contribution in [2.24, 2.45) is 5.92 Å². The van der Waals surface area contributed by atoms with E-state index in [4.69, 9.17) is 15.6 Å². The molecule has 1 heterocycles. The summed E-state index contributed by atoms with van der Waals surface area (Å²) in [6.45, 7) is 3.35. The van der Waals surface area contributed by atoms with Crippen molar-refractivity contribution in [1.82, 2.24) is 0 Å². The highest BCUT2D eigenvalue weighted by atomic mass is 19.1. The van der Waals surface area contributed by atoms with Gasteiger partial charge in [-0.1, -0.05) is 0 Å². The Hall–Kier alpha value is -1.82. The lowest BCUT2D eigenvalue weighted by atomic mass is 10.0. The Morgan fingerprint density at radius 2 is 2.37 bits per heavy atom. The van der Waals surface area contributed by atoms with Crippen LogP contribution in [0.25, 0.3) is 0 Å². The van der Waals surface area contributed by atoms with Gasteiger partial charge in [-0.15, -0.1) is 0 Å². The number of aromatic carboxylic acids is 1. The average molecular weight is 268 g/mol. The number of ether oxygens (including phenoxy) is 1. The summed E-state index contributed by atoms with van der Waals surface area (Å²) >= 11 is 0. The van der Waals surface area contributed by atoms with Crippen LogP contribution in [0.4, 0.5) is 15.8 Å². The minimum Gasteiger partial charge on any atom is -0.478 e. The van der Waals surface area contributed by atoms with E-state index >= 15 is 0 Å². The molecule has 1 aliphatic heterocycles. The van der Waals surface area contributed by atoms with E-state index in [9.17, 15) is 9.18 Å². The standard InChI is InChI=1S/C13H17FN2O3/c1-7-8(2-3-19-7)6-16-12-5-10(14)9(13(17)18)4-11(12)15/h4-5,7-8,16H,2-3,6,15H2,1H3,(H,17,18). The van der Waals surface area contributed by atoms with Crippen LogP contribution < -0.4 is 11.1 Å². The van der Waals surface area contributed by atoms with Gasteiger partial charge in [0.2, 0.25) is 0 Å². The predicted octanol–water partition coefficient (Wildman–Crippen LogP) is 1.94. The van der Waals surface area contributed by atoms with Crippen molar-refractivity contribution in [3.63, 3.8) is 0 Å². The van der Waals surface area contributed by atoms with Crippen molar-refractivity contribution in [2.45, 2.75) is 19.4 Å². The molecule has 0 bridgehead atoms. The molecule has 4 N–H and O–H groups in total. The number of carboxylic acids is 1. The highest BCUT2D eigenvalue weighted by molar-refractivity contribution is 5.90. The zero-order valence-corrected chi connectivity index (χ0v) is 10.6. The van der Waals surface area contributed by atoms with Gasteiger partial charge in [0, 0.05) is 19.1 Å². The topological polar surface area (TPSA) is 84.6 Å². The number of benzene rings is 1. The Morgan fingerprint density at radius 1 is 1.63 bits per heavy atom. The third-order valence-corrected chi connectivity index (χ3v) is 3.46. The fourth-order valence-corrected chi connectivity index (χ4v) is 2.19. The molecule has 0 amide bonds. The lowest BCUT2D eigenvalue weighted by molar-refractivity contribution is 0.0692. The maximum absolute atomic E-state index is 13.6. The zero-order chi connectivity index (χ0) is 14.0. The smallest absolute Gasteiger partial charge is 0.338 e. The molecule has 1 aromatic carbocycles. The summed E-state index contributed by atoms with van der Waals surface area (Å²) in [6.07, 6.45) is 1.11. The maximum atomic E-state index is 13.6. The van der Waals surface area contributed by atoms with Gasteiger partial charge in [0.25, 0.3) is 0 Å². The Labute approximate surface area is 110 Å². The number of carboxylic acid groups (broad SMARTS) is 1. The number of anilines is 2. The first kappa shape index (κ1) is 13.6.